The SMILES string of the molecule is CCCC1CCC1C(C)C. The van der Waals surface area contributed by atoms with E-state index < -0.39 is 0 Å². The fourth-order valence-electron chi connectivity index (χ4n) is 2.20. The molecular formula is C10H20. The summed E-state index contributed by atoms with van der Waals surface area (Å²) < 4.78 is 0. The Bertz CT molecular complexity index is 94.2. The maximum Gasteiger partial charge on any atom is -0.0363 e. The molecule has 0 aromatic heterocycles. The van der Waals surface area contributed by atoms with E-state index in [0.29, 0.717) is 0 Å². The van der Waals surface area contributed by atoms with Gasteiger partial charge < -0.3 is 0 Å². The van der Waals surface area contributed by atoms with Crippen molar-refractivity contribution >= 4 is 0 Å². The molecule has 0 aromatic rings. The topological polar surface area (TPSA) is 0 Å². The maximum atomic E-state index is 2.37. The van der Waals surface area contributed by atoms with Gasteiger partial charge in [0.05, 0.1) is 0 Å². The Balaban J connectivity index is 2.22. The zero-order valence-electron chi connectivity index (χ0n) is 7.56. The molecule has 0 heterocycles. The average Bonchev–Trinajstić information content (AvgIpc) is 1.78. The van der Waals surface area contributed by atoms with Crippen molar-refractivity contribution in [2.24, 2.45) is 17.8 Å². The average molecular weight is 140 g/mol. The van der Waals surface area contributed by atoms with Crippen LogP contribution in [0.25, 0.3) is 0 Å². The van der Waals surface area contributed by atoms with Crippen molar-refractivity contribution in [1.29, 1.82) is 0 Å². The highest BCUT2D eigenvalue weighted by atomic mass is 14.4. The zero-order chi connectivity index (χ0) is 7.56. The van der Waals surface area contributed by atoms with Gasteiger partial charge in [-0.1, -0.05) is 33.6 Å². The molecule has 0 radical (unpaired) electrons. The van der Waals surface area contributed by atoms with Crippen molar-refractivity contribution in [2.45, 2.75) is 46.5 Å². The van der Waals surface area contributed by atoms with Gasteiger partial charge in [-0.25, -0.2) is 0 Å². The summed E-state index contributed by atoms with van der Waals surface area (Å²) in [6, 6.07) is 0. The molecule has 0 amide bonds. The molecule has 2 atom stereocenters. The summed E-state index contributed by atoms with van der Waals surface area (Å²) in [5, 5.41) is 0. The molecule has 60 valence electrons. The molecule has 2 unspecified atom stereocenters. The first-order chi connectivity index (χ1) is 4.75. The molecule has 1 aliphatic rings. The number of hydrogen-bond donors (Lipinski definition) is 0. The smallest absolute Gasteiger partial charge is 0.0363 e. The van der Waals surface area contributed by atoms with Gasteiger partial charge >= 0.3 is 0 Å². The third-order valence-corrected chi connectivity index (χ3v) is 2.99. The van der Waals surface area contributed by atoms with Crippen LogP contribution in [-0.2, 0) is 0 Å². The Labute approximate surface area is 65.0 Å². The molecule has 1 rings (SSSR count). The van der Waals surface area contributed by atoms with E-state index in [0.717, 1.165) is 17.8 Å². The molecule has 0 spiro atoms. The first-order valence-corrected chi connectivity index (χ1v) is 4.75. The minimum absolute atomic E-state index is 0.935. The molecule has 1 saturated carbocycles. The lowest BCUT2D eigenvalue weighted by molar-refractivity contribution is 0.112. The lowest BCUT2D eigenvalue weighted by Crippen LogP contribution is -2.29. The Morgan fingerprint density at radius 2 is 2.00 bits per heavy atom. The van der Waals surface area contributed by atoms with Gasteiger partial charge in [0.2, 0.25) is 0 Å². The van der Waals surface area contributed by atoms with Crippen LogP contribution in [0, 0.1) is 17.8 Å². The van der Waals surface area contributed by atoms with Gasteiger partial charge in [-0.05, 0) is 30.6 Å². The van der Waals surface area contributed by atoms with Crippen molar-refractivity contribution in [3.63, 3.8) is 0 Å². The summed E-state index contributed by atoms with van der Waals surface area (Å²) in [7, 11) is 0. The normalized spacial score (nSPS) is 32.4. The van der Waals surface area contributed by atoms with Gasteiger partial charge in [-0.15, -0.1) is 0 Å². The van der Waals surface area contributed by atoms with Crippen LogP contribution < -0.4 is 0 Å². The van der Waals surface area contributed by atoms with E-state index >= 15 is 0 Å². The van der Waals surface area contributed by atoms with Crippen LogP contribution in [0.4, 0.5) is 0 Å². The molecule has 0 heteroatoms. The van der Waals surface area contributed by atoms with E-state index in [1.807, 2.05) is 0 Å². The minimum Gasteiger partial charge on any atom is -0.0654 e. The summed E-state index contributed by atoms with van der Waals surface area (Å²) in [6.45, 7) is 7.04. The van der Waals surface area contributed by atoms with E-state index in [-0.39, 0.29) is 0 Å². The second-order valence-corrected chi connectivity index (χ2v) is 4.03. The predicted octanol–water partition coefficient (Wildman–Crippen LogP) is 3.47. The largest absolute Gasteiger partial charge is 0.0654 e. The molecular weight excluding hydrogens is 120 g/mol. The summed E-state index contributed by atoms with van der Waals surface area (Å²) in [5.74, 6) is 3.09. The van der Waals surface area contributed by atoms with E-state index in [4.69, 9.17) is 0 Å². The van der Waals surface area contributed by atoms with Gasteiger partial charge in [0.1, 0.15) is 0 Å². The maximum absolute atomic E-state index is 2.37. The van der Waals surface area contributed by atoms with E-state index in [1.54, 1.807) is 0 Å². The van der Waals surface area contributed by atoms with Crippen LogP contribution in [-0.4, -0.2) is 0 Å². The monoisotopic (exact) mass is 140 g/mol. The minimum atomic E-state index is 0.935. The van der Waals surface area contributed by atoms with Crippen molar-refractivity contribution in [2.75, 3.05) is 0 Å². The third-order valence-electron chi connectivity index (χ3n) is 2.99. The Morgan fingerprint density at radius 3 is 2.30 bits per heavy atom. The van der Waals surface area contributed by atoms with Crippen molar-refractivity contribution in [3.8, 4) is 0 Å². The van der Waals surface area contributed by atoms with Crippen LogP contribution in [0.3, 0.4) is 0 Å². The molecule has 1 aliphatic carbocycles. The molecule has 0 nitrogen and oxygen atoms in total. The fraction of sp³-hybridized carbons (Fsp3) is 1.00. The van der Waals surface area contributed by atoms with Crippen LogP contribution in [0.2, 0.25) is 0 Å². The van der Waals surface area contributed by atoms with E-state index in [2.05, 4.69) is 20.8 Å². The molecule has 1 fully saturated rings. The molecule has 0 bridgehead atoms. The van der Waals surface area contributed by atoms with Gasteiger partial charge in [0, 0.05) is 0 Å². The highest BCUT2D eigenvalue weighted by molar-refractivity contribution is 4.82. The summed E-state index contributed by atoms with van der Waals surface area (Å²) in [4.78, 5) is 0. The Hall–Kier alpha value is 0. The molecule has 0 saturated heterocycles. The zero-order valence-corrected chi connectivity index (χ0v) is 7.56. The van der Waals surface area contributed by atoms with Crippen molar-refractivity contribution in [1.82, 2.24) is 0 Å². The van der Waals surface area contributed by atoms with Crippen LogP contribution in [0.5, 0.6) is 0 Å². The number of hydrogen-bond acceptors (Lipinski definition) is 0. The predicted molar refractivity (Wildman–Crippen MR) is 46.0 cm³/mol. The van der Waals surface area contributed by atoms with Crippen LogP contribution >= 0.6 is 0 Å². The van der Waals surface area contributed by atoms with E-state index in [9.17, 15) is 0 Å². The quantitative estimate of drug-likeness (QED) is 0.563. The van der Waals surface area contributed by atoms with Crippen LogP contribution in [0.1, 0.15) is 46.5 Å². The summed E-state index contributed by atoms with van der Waals surface area (Å²) in [5.41, 5.74) is 0. The highest BCUT2D eigenvalue weighted by Crippen LogP contribution is 2.41. The van der Waals surface area contributed by atoms with Crippen LogP contribution in [0.15, 0.2) is 0 Å². The van der Waals surface area contributed by atoms with Gasteiger partial charge in [0.25, 0.3) is 0 Å². The van der Waals surface area contributed by atoms with E-state index in [1.165, 1.54) is 25.7 Å². The van der Waals surface area contributed by atoms with Crippen molar-refractivity contribution in [3.05, 3.63) is 0 Å². The second kappa shape index (κ2) is 3.41. The lowest BCUT2D eigenvalue weighted by Gasteiger charge is -2.39. The summed E-state index contributed by atoms with van der Waals surface area (Å²) in [6.07, 6.45) is 5.87. The van der Waals surface area contributed by atoms with Gasteiger partial charge in [-0.3, -0.25) is 0 Å². The first-order valence-electron chi connectivity index (χ1n) is 4.75. The lowest BCUT2D eigenvalue weighted by atomic mass is 9.66. The third kappa shape index (κ3) is 1.53. The van der Waals surface area contributed by atoms with Crippen molar-refractivity contribution < 1.29 is 0 Å². The second-order valence-electron chi connectivity index (χ2n) is 4.03. The van der Waals surface area contributed by atoms with Gasteiger partial charge in [-0.2, -0.15) is 0 Å². The number of rotatable bonds is 3. The standard InChI is InChI=1S/C10H20/c1-4-5-9-6-7-10(9)8(2)3/h8-10H,4-7H2,1-3H3. The highest BCUT2D eigenvalue weighted by Gasteiger charge is 2.31. The first kappa shape index (κ1) is 8.10. The molecule has 0 aromatic carbocycles. The molecule has 10 heavy (non-hydrogen) atoms. The molecule has 0 N–H and O–H groups in total. The summed E-state index contributed by atoms with van der Waals surface area (Å²) >= 11 is 0. The Kier molecular flexibility index (Phi) is 2.76. The molecule has 0 aliphatic heterocycles. The van der Waals surface area contributed by atoms with Gasteiger partial charge in [0.15, 0.2) is 0 Å². The Morgan fingerprint density at radius 1 is 1.30 bits per heavy atom. The fourth-order valence-corrected chi connectivity index (χ4v) is 2.20.